The molecule has 0 atom stereocenters. The van der Waals surface area contributed by atoms with E-state index in [0.29, 0.717) is 42.7 Å². The van der Waals surface area contributed by atoms with Crippen molar-refractivity contribution in [1.29, 1.82) is 0 Å². The highest BCUT2D eigenvalue weighted by atomic mass is 32.1. The third kappa shape index (κ3) is 3.80. The molecule has 2 aromatic heterocycles. The van der Waals surface area contributed by atoms with Crippen LogP contribution in [0.25, 0.3) is 10.7 Å². The summed E-state index contributed by atoms with van der Waals surface area (Å²) in [5.74, 6) is 1.98. The summed E-state index contributed by atoms with van der Waals surface area (Å²) >= 11 is 1.38. The van der Waals surface area contributed by atoms with E-state index in [-0.39, 0.29) is 0 Å². The standard InChI is InChI=1S/C15H21N7O2S/c16-13-17-10-11(25-13)12-18-14(21-2-1-6-23-7-3-21)20-15(19-12)22-4-8-24-9-5-22/h10H,1-9H2,(H2,16,17). The average molecular weight is 363 g/mol. The normalized spacial score (nSPS) is 19.0. The molecule has 0 saturated carbocycles. The molecule has 10 heteroatoms. The van der Waals surface area contributed by atoms with Gasteiger partial charge in [0.05, 0.1) is 30.9 Å². The molecule has 2 aliphatic heterocycles. The van der Waals surface area contributed by atoms with Crippen LogP contribution < -0.4 is 15.5 Å². The molecular weight excluding hydrogens is 342 g/mol. The second kappa shape index (κ2) is 7.46. The fourth-order valence-electron chi connectivity index (χ4n) is 2.85. The molecule has 4 heterocycles. The van der Waals surface area contributed by atoms with Crippen LogP contribution in [0.3, 0.4) is 0 Å². The van der Waals surface area contributed by atoms with Crippen molar-refractivity contribution in [3.63, 3.8) is 0 Å². The van der Waals surface area contributed by atoms with Gasteiger partial charge < -0.3 is 25.0 Å². The van der Waals surface area contributed by atoms with Crippen LogP contribution in [-0.4, -0.2) is 72.5 Å². The SMILES string of the molecule is Nc1ncc(-c2nc(N3CCCOCC3)nc(N3CCOCC3)n2)s1. The lowest BCUT2D eigenvalue weighted by atomic mass is 10.4. The Morgan fingerprint density at radius 1 is 0.880 bits per heavy atom. The van der Waals surface area contributed by atoms with Crippen LogP contribution in [0, 0.1) is 0 Å². The van der Waals surface area contributed by atoms with E-state index in [0.717, 1.165) is 44.1 Å². The fourth-order valence-corrected chi connectivity index (χ4v) is 3.47. The zero-order chi connectivity index (χ0) is 17.1. The fraction of sp³-hybridized carbons (Fsp3) is 0.600. The predicted octanol–water partition coefficient (Wildman–Crippen LogP) is 0.641. The van der Waals surface area contributed by atoms with Crippen molar-refractivity contribution in [2.45, 2.75) is 6.42 Å². The van der Waals surface area contributed by atoms with Gasteiger partial charge in [-0.15, -0.1) is 0 Å². The number of ether oxygens (including phenoxy) is 2. The second-order valence-electron chi connectivity index (χ2n) is 5.87. The molecule has 0 aliphatic carbocycles. The molecule has 2 saturated heterocycles. The Balaban J connectivity index is 1.71. The Morgan fingerprint density at radius 3 is 2.16 bits per heavy atom. The van der Waals surface area contributed by atoms with Crippen LogP contribution in [-0.2, 0) is 9.47 Å². The molecule has 2 aromatic rings. The molecule has 2 N–H and O–H groups in total. The Hall–Kier alpha value is -2.04. The lowest BCUT2D eigenvalue weighted by Crippen LogP contribution is -2.38. The Labute approximate surface area is 149 Å². The number of rotatable bonds is 3. The van der Waals surface area contributed by atoms with E-state index in [1.807, 2.05) is 0 Å². The number of nitrogens with zero attached hydrogens (tertiary/aromatic N) is 6. The molecular formula is C15H21N7O2S. The monoisotopic (exact) mass is 363 g/mol. The number of morpholine rings is 1. The minimum Gasteiger partial charge on any atom is -0.380 e. The van der Waals surface area contributed by atoms with Crippen molar-refractivity contribution in [1.82, 2.24) is 19.9 Å². The minimum atomic E-state index is 0.507. The maximum absolute atomic E-state index is 5.78. The van der Waals surface area contributed by atoms with Crippen LogP contribution in [0.1, 0.15) is 6.42 Å². The van der Waals surface area contributed by atoms with Gasteiger partial charge in [-0.1, -0.05) is 11.3 Å². The molecule has 2 fully saturated rings. The first-order chi connectivity index (χ1) is 12.3. The summed E-state index contributed by atoms with van der Waals surface area (Å²) in [5, 5.41) is 0.507. The van der Waals surface area contributed by atoms with Gasteiger partial charge in [0.25, 0.3) is 0 Å². The van der Waals surface area contributed by atoms with Gasteiger partial charge in [0.15, 0.2) is 11.0 Å². The molecule has 0 radical (unpaired) electrons. The zero-order valence-corrected chi connectivity index (χ0v) is 14.7. The van der Waals surface area contributed by atoms with Crippen LogP contribution in [0.2, 0.25) is 0 Å². The van der Waals surface area contributed by atoms with Gasteiger partial charge in [-0.3, -0.25) is 0 Å². The van der Waals surface area contributed by atoms with Crippen molar-refractivity contribution in [2.24, 2.45) is 0 Å². The average Bonchev–Trinajstić information content (AvgIpc) is 2.92. The molecule has 25 heavy (non-hydrogen) atoms. The van der Waals surface area contributed by atoms with E-state index in [9.17, 15) is 0 Å². The number of nitrogens with two attached hydrogens (primary N) is 1. The minimum absolute atomic E-state index is 0.507. The van der Waals surface area contributed by atoms with E-state index in [2.05, 4.69) is 24.8 Å². The molecule has 134 valence electrons. The van der Waals surface area contributed by atoms with E-state index in [1.54, 1.807) is 6.20 Å². The summed E-state index contributed by atoms with van der Waals surface area (Å²) in [6.45, 7) is 6.02. The largest absolute Gasteiger partial charge is 0.380 e. The molecule has 0 amide bonds. The number of thiazole rings is 1. The lowest BCUT2D eigenvalue weighted by molar-refractivity contribution is 0.122. The van der Waals surface area contributed by atoms with Crippen molar-refractivity contribution < 1.29 is 9.47 Å². The number of hydrogen-bond donors (Lipinski definition) is 1. The maximum Gasteiger partial charge on any atom is 0.230 e. The van der Waals surface area contributed by atoms with E-state index in [4.69, 9.17) is 20.2 Å². The first-order valence-corrected chi connectivity index (χ1v) is 9.24. The third-order valence-electron chi connectivity index (χ3n) is 4.15. The van der Waals surface area contributed by atoms with Gasteiger partial charge in [0.1, 0.15) is 0 Å². The summed E-state index contributed by atoms with van der Waals surface area (Å²) in [7, 11) is 0. The summed E-state index contributed by atoms with van der Waals surface area (Å²) in [6, 6.07) is 0. The molecule has 2 aliphatic rings. The van der Waals surface area contributed by atoms with E-state index >= 15 is 0 Å². The number of aromatic nitrogens is 4. The summed E-state index contributed by atoms with van der Waals surface area (Å²) in [5.41, 5.74) is 5.78. The maximum atomic E-state index is 5.78. The molecule has 4 rings (SSSR count). The highest BCUT2D eigenvalue weighted by Gasteiger charge is 2.21. The van der Waals surface area contributed by atoms with Gasteiger partial charge in [-0.05, 0) is 6.42 Å². The molecule has 9 nitrogen and oxygen atoms in total. The van der Waals surface area contributed by atoms with Crippen molar-refractivity contribution in [3.05, 3.63) is 6.20 Å². The summed E-state index contributed by atoms with van der Waals surface area (Å²) < 4.78 is 11.0. The summed E-state index contributed by atoms with van der Waals surface area (Å²) in [6.07, 6.45) is 2.68. The highest BCUT2D eigenvalue weighted by Crippen LogP contribution is 2.27. The van der Waals surface area contributed by atoms with Crippen molar-refractivity contribution in [2.75, 3.05) is 68.1 Å². The summed E-state index contributed by atoms with van der Waals surface area (Å²) in [4.78, 5) is 23.3. The van der Waals surface area contributed by atoms with Crippen LogP contribution in [0.4, 0.5) is 17.0 Å². The molecule has 0 bridgehead atoms. The second-order valence-corrected chi connectivity index (χ2v) is 6.94. The van der Waals surface area contributed by atoms with Gasteiger partial charge in [0.2, 0.25) is 11.9 Å². The van der Waals surface area contributed by atoms with Gasteiger partial charge >= 0.3 is 0 Å². The van der Waals surface area contributed by atoms with Gasteiger partial charge in [-0.25, -0.2) is 4.98 Å². The van der Waals surface area contributed by atoms with E-state index < -0.39 is 0 Å². The highest BCUT2D eigenvalue weighted by molar-refractivity contribution is 7.18. The Kier molecular flexibility index (Phi) is 4.90. The topological polar surface area (TPSA) is 103 Å². The number of anilines is 3. The first kappa shape index (κ1) is 16.4. The quantitative estimate of drug-likeness (QED) is 0.841. The van der Waals surface area contributed by atoms with Crippen LogP contribution >= 0.6 is 11.3 Å². The van der Waals surface area contributed by atoms with Crippen LogP contribution in [0.5, 0.6) is 0 Å². The lowest BCUT2D eigenvalue weighted by Gasteiger charge is -2.28. The predicted molar refractivity (Wildman–Crippen MR) is 96.0 cm³/mol. The van der Waals surface area contributed by atoms with Gasteiger partial charge in [0, 0.05) is 32.8 Å². The number of nitrogen functional groups attached to an aromatic ring is 1. The van der Waals surface area contributed by atoms with Gasteiger partial charge in [-0.2, -0.15) is 15.0 Å². The third-order valence-corrected chi connectivity index (χ3v) is 4.98. The molecule has 0 spiro atoms. The van der Waals surface area contributed by atoms with Crippen molar-refractivity contribution in [3.8, 4) is 10.7 Å². The smallest absolute Gasteiger partial charge is 0.230 e. The number of hydrogen-bond acceptors (Lipinski definition) is 10. The first-order valence-electron chi connectivity index (χ1n) is 8.43. The Bertz CT molecular complexity index is 712. The Morgan fingerprint density at radius 2 is 1.52 bits per heavy atom. The zero-order valence-electron chi connectivity index (χ0n) is 13.9. The molecule has 0 aromatic carbocycles. The van der Waals surface area contributed by atoms with Crippen LogP contribution in [0.15, 0.2) is 6.20 Å². The van der Waals surface area contributed by atoms with E-state index in [1.165, 1.54) is 11.3 Å². The molecule has 0 unspecified atom stereocenters. The van der Waals surface area contributed by atoms with Crippen molar-refractivity contribution >= 4 is 28.4 Å².